The van der Waals surface area contributed by atoms with Gasteiger partial charge in [-0.3, -0.25) is 0 Å². The van der Waals surface area contributed by atoms with Crippen LogP contribution < -0.4 is 0 Å². The van der Waals surface area contributed by atoms with Crippen molar-refractivity contribution in [3.8, 4) is 136 Å². The van der Waals surface area contributed by atoms with E-state index < -0.39 is 0 Å². The van der Waals surface area contributed by atoms with Gasteiger partial charge in [0.1, 0.15) is 22.3 Å². The number of hydrogen-bond acceptors (Lipinski definition) is 13. The van der Waals surface area contributed by atoms with Crippen molar-refractivity contribution in [2.45, 2.75) is 0 Å². The van der Waals surface area contributed by atoms with Crippen LogP contribution in [0.1, 0.15) is 0 Å². The molecule has 0 radical (unpaired) electrons. The fourth-order valence-corrected chi connectivity index (χ4v) is 24.7. The van der Waals surface area contributed by atoms with Crippen molar-refractivity contribution < 1.29 is 8.83 Å². The van der Waals surface area contributed by atoms with Gasteiger partial charge in [-0.05, 0) is 146 Å². The van der Waals surface area contributed by atoms with Gasteiger partial charge < -0.3 is 8.83 Å². The van der Waals surface area contributed by atoms with E-state index in [0.717, 1.165) is 143 Å². The fourth-order valence-electron chi connectivity index (χ4n) is 22.0. The molecule has 0 fully saturated rings. The minimum absolute atomic E-state index is 0.628. The van der Waals surface area contributed by atoms with E-state index in [9.17, 15) is 0 Å². The van der Waals surface area contributed by atoms with Crippen LogP contribution in [0, 0.1) is 0 Å². The summed E-state index contributed by atoms with van der Waals surface area (Å²) < 4.78 is 18.1. The predicted octanol–water partition coefficient (Wildman–Crippen LogP) is 37.4. The average Bonchev–Trinajstić information content (AvgIpc) is 1.52. The number of hydrogen-bond donors (Lipinski definition) is 0. The van der Waals surface area contributed by atoms with E-state index in [1.165, 1.54) is 111 Å². The Labute approximate surface area is 867 Å². The summed E-state index contributed by atoms with van der Waals surface area (Å²) in [5.74, 6) is 5.83. The molecule has 0 aliphatic rings. The molecule has 7 heterocycles. The first-order valence-electron chi connectivity index (χ1n) is 50.2. The summed E-state index contributed by atoms with van der Waals surface area (Å²) in [7, 11) is 0. The molecule has 698 valence electrons. The lowest BCUT2D eigenvalue weighted by molar-refractivity contribution is 0.669. The van der Waals surface area contributed by atoms with E-state index in [1.807, 2.05) is 138 Å². The molecule has 0 amide bonds. The van der Waals surface area contributed by atoms with E-state index in [2.05, 4.69) is 376 Å². The molecule has 0 N–H and O–H groups in total. The largest absolute Gasteiger partial charge is 0.456 e. The Hall–Kier alpha value is -19.6. The summed E-state index contributed by atoms with van der Waals surface area (Å²) in [6, 6.07) is 172. The Morgan fingerprint density at radius 3 is 1.03 bits per heavy atom. The smallest absolute Gasteiger partial charge is 0.164 e. The van der Waals surface area contributed by atoms with Crippen molar-refractivity contribution in [2.24, 2.45) is 0 Å². The molecule has 0 bridgehead atoms. The Bertz CT molecular complexity index is 10800. The van der Waals surface area contributed by atoms with Crippen LogP contribution in [0.25, 0.3) is 306 Å². The van der Waals surface area contributed by atoms with E-state index >= 15 is 0 Å². The van der Waals surface area contributed by atoms with Gasteiger partial charge in [-0.15, -0.1) is 22.7 Å². The third-order valence-corrected chi connectivity index (χ3v) is 31.7. The van der Waals surface area contributed by atoms with Crippen LogP contribution in [0.3, 0.4) is 0 Å². The van der Waals surface area contributed by atoms with Crippen molar-refractivity contribution >= 4 is 193 Å². The lowest BCUT2D eigenvalue weighted by Crippen LogP contribution is -2.00. The maximum absolute atomic E-state index is 6.68. The fraction of sp³-hybridized carbons (Fsp3) is 0. The normalized spacial score (nSPS) is 11.7. The molecule has 0 aliphatic heterocycles. The maximum atomic E-state index is 6.68. The van der Waals surface area contributed by atoms with Gasteiger partial charge in [0.2, 0.25) is 0 Å². The molecule has 13 heteroatoms. The number of nitrogens with zero attached hydrogens (tertiary/aromatic N) is 9. The van der Waals surface area contributed by atoms with Gasteiger partial charge in [-0.2, -0.15) is 0 Å². The zero-order chi connectivity index (χ0) is 98.8. The molecule has 11 nitrogen and oxygen atoms in total. The highest BCUT2D eigenvalue weighted by molar-refractivity contribution is 7.27. The number of aromatic nitrogens is 9. The molecule has 0 saturated carbocycles. The van der Waals surface area contributed by atoms with Crippen molar-refractivity contribution in [2.75, 3.05) is 0 Å². The second kappa shape index (κ2) is 36.3. The standard InChI is InChI=1S/C51H29N3OS.C49H29N3S.C37H23N3O/c1-2-12-31(13-3-1)49-52-50(54-51(53-49)43-28-32-14-4-5-15-34(32)35-16-6-7-17-36(35)43)33-25-24-30-26-27-40-39-21-10-20-38(47(39)56-48(40)42(30)29-33)37-19-11-23-45-46(37)41-18-8-9-22-44(41)55-45;1-2-12-31(13-3-1)47-50-48(52-49(51-47)44-29-33-15-6-7-16-37(33)40-17-8-9-18-41(40)44)36-24-25-39-35(28-36)23-26-43-42-20-10-19-38(45(42)53-46(39)43)34-22-21-30-11-4-5-14-32(30)27-34;1-4-12-24(13-5-1)27-18-10-20-30-31-23-22-28-29(34(31)41-33(27)30)19-11-21-32(28)37-39-35(25-14-6-2-7-15-25)38-36(40-37)26-16-8-3-9-17-26/h1-29H;1-29H;1-23H. The monoisotopic (exact) mass is 1950 g/mol. The molecular weight excluding hydrogens is 1870 g/mol. The first kappa shape index (κ1) is 87.1. The Morgan fingerprint density at radius 1 is 0.133 bits per heavy atom. The molecule has 0 saturated heterocycles. The number of para-hydroxylation sites is 2. The van der Waals surface area contributed by atoms with Gasteiger partial charge in [0, 0.05) is 134 Å². The summed E-state index contributed by atoms with van der Waals surface area (Å²) in [5.41, 5.74) is 19.3. The molecule has 31 rings (SSSR count). The number of benzene rings is 24. The van der Waals surface area contributed by atoms with Crippen molar-refractivity contribution in [1.82, 2.24) is 44.9 Å². The van der Waals surface area contributed by atoms with Crippen LogP contribution in [-0.4, -0.2) is 44.9 Å². The lowest BCUT2D eigenvalue weighted by atomic mass is 9.96. The first-order chi connectivity index (χ1) is 74.3. The van der Waals surface area contributed by atoms with Crippen LogP contribution in [0.15, 0.2) is 500 Å². The number of fused-ring (bicyclic) bond motifs is 25. The third-order valence-electron chi connectivity index (χ3n) is 29.1. The molecule has 0 aliphatic carbocycles. The summed E-state index contributed by atoms with van der Waals surface area (Å²) in [5, 5.41) is 28.2. The van der Waals surface area contributed by atoms with Crippen molar-refractivity contribution in [3.63, 3.8) is 0 Å². The second-order valence-corrected chi connectivity index (χ2v) is 40.0. The van der Waals surface area contributed by atoms with Gasteiger partial charge in [0.15, 0.2) is 52.4 Å². The van der Waals surface area contributed by atoms with E-state index in [1.54, 1.807) is 0 Å². The van der Waals surface area contributed by atoms with E-state index in [0.29, 0.717) is 52.4 Å². The van der Waals surface area contributed by atoms with Crippen LogP contribution in [0.5, 0.6) is 0 Å². The van der Waals surface area contributed by atoms with Crippen molar-refractivity contribution in [1.29, 1.82) is 0 Å². The third kappa shape index (κ3) is 15.2. The van der Waals surface area contributed by atoms with Gasteiger partial charge in [-0.25, -0.2) is 44.9 Å². The Morgan fingerprint density at radius 2 is 0.460 bits per heavy atom. The summed E-state index contributed by atoms with van der Waals surface area (Å²) in [6.45, 7) is 0. The topological polar surface area (TPSA) is 142 Å². The van der Waals surface area contributed by atoms with Crippen LogP contribution in [0.2, 0.25) is 0 Å². The highest BCUT2D eigenvalue weighted by atomic mass is 32.1. The second-order valence-electron chi connectivity index (χ2n) is 37.9. The predicted molar refractivity (Wildman–Crippen MR) is 625 cm³/mol. The molecule has 150 heavy (non-hydrogen) atoms. The quantitative estimate of drug-likeness (QED) is 0.108. The molecule has 0 spiro atoms. The zero-order valence-corrected chi connectivity index (χ0v) is 82.1. The molecule has 0 atom stereocenters. The molecule has 0 unspecified atom stereocenters. The van der Waals surface area contributed by atoms with Gasteiger partial charge >= 0.3 is 0 Å². The first-order valence-corrected chi connectivity index (χ1v) is 51.9. The van der Waals surface area contributed by atoms with Crippen LogP contribution in [0.4, 0.5) is 0 Å². The number of rotatable bonds is 12. The maximum Gasteiger partial charge on any atom is 0.164 e. The Balaban J connectivity index is 0.000000107. The van der Waals surface area contributed by atoms with E-state index in [-0.39, 0.29) is 0 Å². The van der Waals surface area contributed by atoms with Gasteiger partial charge in [0.05, 0.1) is 0 Å². The number of thiophene rings is 2. The molecule has 24 aromatic carbocycles. The number of furan rings is 2. The molecule has 31 aromatic rings. The minimum Gasteiger partial charge on any atom is -0.456 e. The van der Waals surface area contributed by atoms with Gasteiger partial charge in [-0.1, -0.05) is 443 Å². The summed E-state index contributed by atoms with van der Waals surface area (Å²) in [4.78, 5) is 45.8. The van der Waals surface area contributed by atoms with Crippen LogP contribution >= 0.6 is 22.7 Å². The minimum atomic E-state index is 0.628. The van der Waals surface area contributed by atoms with E-state index in [4.69, 9.17) is 53.7 Å². The average molecular weight is 1950 g/mol. The SMILES string of the molecule is c1ccc(-c2nc(-c3ccc4c(ccc5c6cccc(-c7ccc8ccccc8c7)c6sc45)c3)nc(-c3cc4ccccc4c4ccccc34)n2)cc1.c1ccc(-c2nc(-c3ccc4ccc5c6cccc(-c7cccc8oc9ccccc9c78)c6sc5c4c3)nc(-c3cc4ccccc4c4ccccc34)n2)cc1.c1ccc(-c2nc(-c3ccccc3)nc(-c3cccc4c3ccc3c5cccc(-c6ccccc6)c5oc43)n2)cc1. The zero-order valence-electron chi connectivity index (χ0n) is 80.4. The highest BCUT2D eigenvalue weighted by Gasteiger charge is 2.26. The Kier molecular flexibility index (Phi) is 21.1. The van der Waals surface area contributed by atoms with Gasteiger partial charge in [0.25, 0.3) is 0 Å². The summed E-state index contributed by atoms with van der Waals surface area (Å²) >= 11 is 3.73. The van der Waals surface area contributed by atoms with Crippen LogP contribution in [-0.2, 0) is 0 Å². The lowest BCUT2D eigenvalue weighted by Gasteiger charge is -2.12. The summed E-state index contributed by atoms with van der Waals surface area (Å²) in [6.07, 6.45) is 0. The molecular formula is C137H81N9O2S2. The van der Waals surface area contributed by atoms with Crippen molar-refractivity contribution in [3.05, 3.63) is 491 Å². The molecule has 7 aromatic heterocycles. The highest BCUT2D eigenvalue weighted by Crippen LogP contribution is 2.51.